The molecule has 8 nitrogen and oxygen atoms in total. The van der Waals surface area contributed by atoms with Crippen LogP contribution in [0.5, 0.6) is 5.75 Å². The van der Waals surface area contributed by atoms with Crippen molar-refractivity contribution < 1.29 is 9.90 Å². The van der Waals surface area contributed by atoms with E-state index in [0.29, 0.717) is 18.1 Å². The first kappa shape index (κ1) is 18.6. The average Bonchev–Trinajstić information content (AvgIpc) is 3.10. The van der Waals surface area contributed by atoms with Crippen LogP contribution in [-0.2, 0) is 4.79 Å². The van der Waals surface area contributed by atoms with Gasteiger partial charge in [-0.1, -0.05) is 12.1 Å². The van der Waals surface area contributed by atoms with E-state index in [9.17, 15) is 9.90 Å². The smallest absolute Gasteiger partial charge is 0.226 e. The van der Waals surface area contributed by atoms with Crippen LogP contribution >= 0.6 is 0 Å². The molecular weight excluding hydrogens is 380 g/mol. The molecule has 1 atom stereocenters. The molecule has 1 amide bonds. The van der Waals surface area contributed by atoms with E-state index in [-0.39, 0.29) is 17.6 Å². The van der Waals surface area contributed by atoms with Gasteiger partial charge in [0.25, 0.3) is 0 Å². The number of amides is 1. The van der Waals surface area contributed by atoms with Crippen molar-refractivity contribution in [3.63, 3.8) is 0 Å². The van der Waals surface area contributed by atoms with Gasteiger partial charge in [-0.2, -0.15) is 9.78 Å². The van der Waals surface area contributed by atoms with Crippen molar-refractivity contribution in [1.29, 1.82) is 0 Å². The summed E-state index contributed by atoms with van der Waals surface area (Å²) in [4.78, 5) is 14.7. The summed E-state index contributed by atoms with van der Waals surface area (Å²) in [5.74, 6) is 1.99. The van der Waals surface area contributed by atoms with Gasteiger partial charge in [-0.25, -0.2) is 0 Å². The first-order chi connectivity index (χ1) is 14.6. The Hall–Kier alpha value is -3.42. The fourth-order valence-electron chi connectivity index (χ4n) is 4.46. The number of benzene rings is 1. The number of anilines is 2. The third-order valence-corrected chi connectivity index (χ3v) is 5.91. The highest BCUT2D eigenvalue weighted by atomic mass is 16.3. The Kier molecular flexibility index (Phi) is 4.61. The van der Waals surface area contributed by atoms with E-state index in [1.54, 1.807) is 22.9 Å². The molecule has 2 aromatic heterocycles. The number of phenols is 1. The highest BCUT2D eigenvalue weighted by molar-refractivity contribution is 5.95. The van der Waals surface area contributed by atoms with E-state index in [0.717, 1.165) is 35.7 Å². The van der Waals surface area contributed by atoms with Crippen LogP contribution in [0.4, 0.5) is 11.6 Å². The van der Waals surface area contributed by atoms with Crippen molar-refractivity contribution in [1.82, 2.24) is 20.0 Å². The number of carbonyl (C=O) groups is 1. The Bertz CT molecular complexity index is 1090. The van der Waals surface area contributed by atoms with Gasteiger partial charge < -0.3 is 15.3 Å². The van der Waals surface area contributed by atoms with Crippen molar-refractivity contribution in [3.05, 3.63) is 53.2 Å². The second-order valence-electron chi connectivity index (χ2n) is 7.96. The second-order valence-corrected chi connectivity index (χ2v) is 7.96. The van der Waals surface area contributed by atoms with E-state index in [1.165, 1.54) is 19.3 Å². The number of piperidine rings is 1. The molecule has 154 valence electrons. The molecule has 0 bridgehead atoms. The molecule has 0 radical (unpaired) electrons. The molecule has 4 heterocycles. The van der Waals surface area contributed by atoms with E-state index in [4.69, 9.17) is 0 Å². The van der Waals surface area contributed by atoms with E-state index < -0.39 is 0 Å². The monoisotopic (exact) mass is 404 g/mol. The van der Waals surface area contributed by atoms with E-state index in [2.05, 4.69) is 25.5 Å². The van der Waals surface area contributed by atoms with Crippen LogP contribution < -0.4 is 10.2 Å². The topological polar surface area (TPSA) is 96.2 Å². The SMILES string of the molecule is Cc1nn(-c2ccc(N3CCCCC3)nn2)c2c1[C@H](c1cccc(O)c1)CC(=O)N2. The summed E-state index contributed by atoms with van der Waals surface area (Å²) in [6, 6.07) is 10.9. The summed E-state index contributed by atoms with van der Waals surface area (Å²) in [6.45, 7) is 3.94. The van der Waals surface area contributed by atoms with Gasteiger partial charge in [0, 0.05) is 31.0 Å². The maximum atomic E-state index is 12.5. The lowest BCUT2D eigenvalue weighted by Crippen LogP contribution is -2.30. The van der Waals surface area contributed by atoms with Crippen LogP contribution in [0.2, 0.25) is 0 Å². The second kappa shape index (κ2) is 7.44. The molecule has 1 fully saturated rings. The molecule has 8 heteroatoms. The number of nitrogens with one attached hydrogen (secondary N) is 1. The van der Waals surface area contributed by atoms with Crippen LogP contribution in [-0.4, -0.2) is 44.1 Å². The summed E-state index contributed by atoms with van der Waals surface area (Å²) >= 11 is 0. The Morgan fingerprint density at radius 2 is 1.83 bits per heavy atom. The molecule has 30 heavy (non-hydrogen) atoms. The van der Waals surface area contributed by atoms with Crippen molar-refractivity contribution in [2.45, 2.75) is 38.5 Å². The maximum absolute atomic E-state index is 12.5. The highest BCUT2D eigenvalue weighted by Gasteiger charge is 2.33. The lowest BCUT2D eigenvalue weighted by atomic mass is 9.86. The number of aryl methyl sites for hydroxylation is 1. The fourth-order valence-corrected chi connectivity index (χ4v) is 4.46. The average molecular weight is 404 g/mol. The number of nitrogens with zero attached hydrogens (tertiary/aromatic N) is 5. The van der Waals surface area contributed by atoms with Crippen molar-refractivity contribution in [2.75, 3.05) is 23.3 Å². The number of aromatic nitrogens is 4. The zero-order valence-corrected chi connectivity index (χ0v) is 16.9. The lowest BCUT2D eigenvalue weighted by Gasteiger charge is -2.27. The molecule has 0 unspecified atom stereocenters. The zero-order valence-electron chi connectivity index (χ0n) is 16.9. The molecule has 1 saturated heterocycles. The predicted molar refractivity (Wildman–Crippen MR) is 113 cm³/mol. The Morgan fingerprint density at radius 3 is 2.57 bits per heavy atom. The van der Waals surface area contributed by atoms with Gasteiger partial charge >= 0.3 is 0 Å². The summed E-state index contributed by atoms with van der Waals surface area (Å²) in [5.41, 5.74) is 2.66. The molecule has 0 saturated carbocycles. The minimum Gasteiger partial charge on any atom is -0.508 e. The van der Waals surface area contributed by atoms with Gasteiger partial charge in [0.15, 0.2) is 11.6 Å². The maximum Gasteiger partial charge on any atom is 0.226 e. The first-order valence-electron chi connectivity index (χ1n) is 10.4. The molecule has 2 aliphatic heterocycles. The number of hydrogen-bond donors (Lipinski definition) is 2. The van der Waals surface area contributed by atoms with Gasteiger partial charge in [-0.05, 0) is 56.0 Å². The number of aromatic hydroxyl groups is 1. The number of phenolic OH excluding ortho intramolecular Hbond substituents is 1. The number of fused-ring (bicyclic) bond motifs is 1. The van der Waals surface area contributed by atoms with E-state index >= 15 is 0 Å². The lowest BCUT2D eigenvalue weighted by molar-refractivity contribution is -0.116. The largest absolute Gasteiger partial charge is 0.508 e. The van der Waals surface area contributed by atoms with Gasteiger partial charge in [0.2, 0.25) is 5.91 Å². The van der Waals surface area contributed by atoms with Gasteiger partial charge in [0.1, 0.15) is 11.6 Å². The molecule has 5 rings (SSSR count). The van der Waals surface area contributed by atoms with Crippen LogP contribution in [0.15, 0.2) is 36.4 Å². The van der Waals surface area contributed by atoms with Crippen molar-refractivity contribution in [2.24, 2.45) is 0 Å². The molecule has 2 N–H and O–H groups in total. The molecule has 0 aliphatic carbocycles. The Labute approximate surface area is 174 Å². The van der Waals surface area contributed by atoms with Gasteiger partial charge in [0.05, 0.1) is 5.69 Å². The predicted octanol–water partition coefficient (Wildman–Crippen LogP) is 3.14. The minimum atomic E-state index is -0.171. The summed E-state index contributed by atoms with van der Waals surface area (Å²) in [5, 5.41) is 26.3. The molecule has 1 aromatic carbocycles. The van der Waals surface area contributed by atoms with Gasteiger partial charge in [-0.15, -0.1) is 10.2 Å². The van der Waals surface area contributed by atoms with Crippen LogP contribution in [0.3, 0.4) is 0 Å². The third-order valence-electron chi connectivity index (χ3n) is 5.91. The van der Waals surface area contributed by atoms with Gasteiger partial charge in [-0.3, -0.25) is 4.79 Å². The number of rotatable bonds is 3. The van der Waals surface area contributed by atoms with Crippen molar-refractivity contribution in [3.8, 4) is 11.6 Å². The van der Waals surface area contributed by atoms with E-state index in [1.807, 2.05) is 25.1 Å². The quantitative estimate of drug-likeness (QED) is 0.696. The molecule has 0 spiro atoms. The number of carbonyl (C=O) groups excluding carboxylic acids is 1. The van der Waals surface area contributed by atoms with Crippen molar-refractivity contribution >= 4 is 17.5 Å². The third kappa shape index (κ3) is 3.28. The molecule has 2 aliphatic rings. The standard InChI is InChI=1S/C22H24N6O2/c1-14-21-17(15-6-5-7-16(29)12-15)13-20(30)23-22(21)28(26-14)19-9-8-18(24-25-19)27-10-3-2-4-11-27/h5-9,12,17,29H,2-4,10-11,13H2,1H3,(H,23,30)/t17-/m0/s1. The normalized spacial score (nSPS) is 18.8. The number of hydrogen-bond acceptors (Lipinski definition) is 6. The summed E-state index contributed by atoms with van der Waals surface area (Å²) < 4.78 is 1.66. The van der Waals surface area contributed by atoms with Crippen LogP contribution in [0.25, 0.3) is 5.82 Å². The summed E-state index contributed by atoms with van der Waals surface area (Å²) in [6.07, 6.45) is 3.93. The summed E-state index contributed by atoms with van der Waals surface area (Å²) in [7, 11) is 0. The molecular formula is C22H24N6O2. The Balaban J connectivity index is 1.52. The highest BCUT2D eigenvalue weighted by Crippen LogP contribution is 2.40. The van der Waals surface area contributed by atoms with Crippen LogP contribution in [0.1, 0.15) is 48.4 Å². The molecule has 3 aromatic rings. The minimum absolute atomic E-state index is 0.0881. The van der Waals surface area contributed by atoms with Crippen LogP contribution in [0, 0.1) is 6.92 Å². The first-order valence-corrected chi connectivity index (χ1v) is 10.4. The zero-order chi connectivity index (χ0) is 20.7. The fraction of sp³-hybridized carbons (Fsp3) is 0.364. The Morgan fingerprint density at radius 1 is 1.07 bits per heavy atom.